The van der Waals surface area contributed by atoms with E-state index in [0.29, 0.717) is 6.42 Å². The summed E-state index contributed by atoms with van der Waals surface area (Å²) in [5.41, 5.74) is 3.78. The molecule has 0 saturated heterocycles. The van der Waals surface area contributed by atoms with Gasteiger partial charge < -0.3 is 20.9 Å². The van der Waals surface area contributed by atoms with E-state index in [4.69, 9.17) is 10.5 Å². The molecule has 2 aliphatic carbocycles. The number of primary amides is 1. The number of rotatable bonds is 6. The number of nitrogens with two attached hydrogens (primary N) is 1. The molecule has 4 N–H and O–H groups in total. The number of nitrogens with one attached hydrogen (secondary N) is 1. The van der Waals surface area contributed by atoms with Gasteiger partial charge in [0.1, 0.15) is 11.7 Å². The molecule has 6 nitrogen and oxygen atoms in total. The quantitative estimate of drug-likeness (QED) is 0.660. The molecule has 2 saturated carbocycles. The Bertz CT molecular complexity index is 386. The van der Waals surface area contributed by atoms with E-state index in [1.165, 1.54) is 0 Å². The average Bonchev–Trinajstić information content (AvgIpc) is 3.11. The topological polar surface area (TPSA) is 102 Å². The third-order valence-electron chi connectivity index (χ3n) is 3.80. The molecular weight excluding hydrogens is 248 g/mol. The van der Waals surface area contributed by atoms with E-state index in [-0.39, 0.29) is 11.9 Å². The first-order valence-electron chi connectivity index (χ1n) is 6.71. The molecule has 19 heavy (non-hydrogen) atoms. The standard InChI is InChI=1S/C13H22N2O4/c1-12(2,19-11(14)18)7-13(5-6-13)9(16)10(17)15-8-3-4-8/h8-9,16H,3-7H2,1-2H3,(H2,14,18)(H,15,17). The molecule has 0 aromatic heterocycles. The molecular formula is C13H22N2O4. The zero-order valence-electron chi connectivity index (χ0n) is 11.4. The van der Waals surface area contributed by atoms with E-state index in [1.54, 1.807) is 13.8 Å². The monoisotopic (exact) mass is 270 g/mol. The second-order valence-corrected chi connectivity index (χ2v) is 6.41. The zero-order valence-corrected chi connectivity index (χ0v) is 11.4. The number of carbonyl (C=O) groups excluding carboxylic acids is 2. The van der Waals surface area contributed by atoms with Crippen LogP contribution in [-0.2, 0) is 9.53 Å². The molecule has 0 aromatic carbocycles. The van der Waals surface area contributed by atoms with Crippen LogP contribution in [0.5, 0.6) is 0 Å². The minimum atomic E-state index is -1.04. The molecule has 1 atom stereocenters. The molecule has 108 valence electrons. The fraction of sp³-hybridized carbons (Fsp3) is 0.846. The summed E-state index contributed by atoms with van der Waals surface area (Å²) in [6, 6.07) is 0.229. The smallest absolute Gasteiger partial charge is 0.405 e. The number of amides is 2. The van der Waals surface area contributed by atoms with E-state index < -0.39 is 23.2 Å². The van der Waals surface area contributed by atoms with E-state index >= 15 is 0 Å². The number of carbonyl (C=O) groups is 2. The van der Waals surface area contributed by atoms with Crippen molar-refractivity contribution in [3.8, 4) is 0 Å². The summed E-state index contributed by atoms with van der Waals surface area (Å²) in [5.74, 6) is -0.310. The van der Waals surface area contributed by atoms with Crippen molar-refractivity contribution in [2.75, 3.05) is 0 Å². The molecule has 0 aromatic rings. The highest BCUT2D eigenvalue weighted by Crippen LogP contribution is 2.54. The van der Waals surface area contributed by atoms with E-state index in [0.717, 1.165) is 25.7 Å². The lowest BCUT2D eigenvalue weighted by atomic mass is 9.85. The molecule has 2 aliphatic rings. The Kier molecular flexibility index (Phi) is 3.47. The predicted molar refractivity (Wildman–Crippen MR) is 68.2 cm³/mol. The second kappa shape index (κ2) is 4.67. The van der Waals surface area contributed by atoms with Crippen LogP contribution in [0, 0.1) is 5.41 Å². The Morgan fingerprint density at radius 1 is 1.47 bits per heavy atom. The van der Waals surface area contributed by atoms with Gasteiger partial charge in [0.25, 0.3) is 0 Å². The van der Waals surface area contributed by atoms with E-state index in [2.05, 4.69) is 5.32 Å². The Labute approximate surface area is 112 Å². The third kappa shape index (κ3) is 3.59. The second-order valence-electron chi connectivity index (χ2n) is 6.41. The van der Waals surface area contributed by atoms with Crippen LogP contribution in [0.2, 0.25) is 0 Å². The molecule has 0 radical (unpaired) electrons. The van der Waals surface area contributed by atoms with Crippen LogP contribution in [0.3, 0.4) is 0 Å². The Morgan fingerprint density at radius 2 is 2.05 bits per heavy atom. The number of aliphatic hydroxyl groups is 1. The summed E-state index contributed by atoms with van der Waals surface area (Å²) in [7, 11) is 0. The van der Waals surface area contributed by atoms with Gasteiger partial charge in [-0.2, -0.15) is 0 Å². The molecule has 2 fully saturated rings. The summed E-state index contributed by atoms with van der Waals surface area (Å²) in [6.07, 6.45) is 2.06. The normalized spacial score (nSPS) is 22.5. The van der Waals surface area contributed by atoms with E-state index in [9.17, 15) is 14.7 Å². The first-order valence-corrected chi connectivity index (χ1v) is 6.71. The van der Waals surface area contributed by atoms with Crippen LogP contribution in [0.15, 0.2) is 0 Å². The molecule has 2 rings (SSSR count). The van der Waals surface area contributed by atoms with Gasteiger partial charge in [0.2, 0.25) is 5.91 Å². The number of hydrogen-bond acceptors (Lipinski definition) is 4. The van der Waals surface area contributed by atoms with Gasteiger partial charge in [-0.05, 0) is 46.0 Å². The van der Waals surface area contributed by atoms with Gasteiger partial charge in [-0.25, -0.2) is 4.79 Å². The van der Waals surface area contributed by atoms with Crippen molar-refractivity contribution >= 4 is 12.0 Å². The van der Waals surface area contributed by atoms with Crippen molar-refractivity contribution in [3.63, 3.8) is 0 Å². The van der Waals surface area contributed by atoms with Crippen LogP contribution >= 0.6 is 0 Å². The number of hydrogen-bond donors (Lipinski definition) is 3. The minimum absolute atomic E-state index is 0.229. The van der Waals surface area contributed by atoms with Crippen molar-refractivity contribution in [1.29, 1.82) is 0 Å². The molecule has 1 unspecified atom stereocenters. The van der Waals surface area contributed by atoms with E-state index in [1.807, 2.05) is 0 Å². The van der Waals surface area contributed by atoms with Crippen molar-refractivity contribution in [3.05, 3.63) is 0 Å². The fourth-order valence-electron chi connectivity index (χ4n) is 2.65. The molecule has 0 aliphatic heterocycles. The molecule has 0 heterocycles. The van der Waals surface area contributed by atoms with Gasteiger partial charge in [0.15, 0.2) is 0 Å². The number of ether oxygens (including phenoxy) is 1. The highest BCUT2D eigenvalue weighted by atomic mass is 16.6. The highest BCUT2D eigenvalue weighted by molar-refractivity contribution is 5.82. The summed E-state index contributed by atoms with van der Waals surface area (Å²) in [5, 5.41) is 13.0. The summed E-state index contributed by atoms with van der Waals surface area (Å²) in [6.45, 7) is 3.48. The lowest BCUT2D eigenvalue weighted by Gasteiger charge is -2.31. The van der Waals surface area contributed by atoms with Crippen molar-refractivity contribution in [2.24, 2.45) is 11.1 Å². The third-order valence-corrected chi connectivity index (χ3v) is 3.80. The largest absolute Gasteiger partial charge is 0.444 e. The predicted octanol–water partition coefficient (Wildman–Crippen LogP) is 0.670. The maximum atomic E-state index is 11.9. The lowest BCUT2D eigenvalue weighted by Crippen LogP contribution is -2.44. The minimum Gasteiger partial charge on any atom is -0.444 e. The van der Waals surface area contributed by atoms with Crippen LogP contribution in [0.1, 0.15) is 46.0 Å². The first kappa shape index (κ1) is 14.1. The maximum absolute atomic E-state index is 11.9. The summed E-state index contributed by atoms with van der Waals surface area (Å²) < 4.78 is 5.03. The first-order chi connectivity index (χ1) is 8.74. The van der Waals surface area contributed by atoms with Crippen LogP contribution in [0.25, 0.3) is 0 Å². The lowest BCUT2D eigenvalue weighted by molar-refractivity contribution is -0.134. The zero-order chi connectivity index (χ0) is 14.3. The fourth-order valence-corrected chi connectivity index (χ4v) is 2.65. The molecule has 0 spiro atoms. The van der Waals surface area contributed by atoms with Crippen LogP contribution < -0.4 is 11.1 Å². The molecule has 2 amide bonds. The van der Waals surface area contributed by atoms with Gasteiger partial charge in [-0.1, -0.05) is 0 Å². The van der Waals surface area contributed by atoms with Gasteiger partial charge in [0.05, 0.1) is 0 Å². The van der Waals surface area contributed by atoms with Crippen LogP contribution in [0.4, 0.5) is 4.79 Å². The van der Waals surface area contributed by atoms with Gasteiger partial charge >= 0.3 is 6.09 Å². The summed E-state index contributed by atoms with van der Waals surface area (Å²) >= 11 is 0. The summed E-state index contributed by atoms with van der Waals surface area (Å²) in [4.78, 5) is 22.7. The Balaban J connectivity index is 1.93. The van der Waals surface area contributed by atoms with Gasteiger partial charge in [0, 0.05) is 11.5 Å². The number of aliphatic hydroxyl groups excluding tert-OH is 1. The van der Waals surface area contributed by atoms with Gasteiger partial charge in [-0.15, -0.1) is 0 Å². The van der Waals surface area contributed by atoms with Crippen molar-refractivity contribution in [1.82, 2.24) is 5.32 Å². The molecule has 6 heteroatoms. The van der Waals surface area contributed by atoms with Crippen LogP contribution in [-0.4, -0.2) is 34.9 Å². The highest BCUT2D eigenvalue weighted by Gasteiger charge is 2.55. The van der Waals surface area contributed by atoms with Crippen molar-refractivity contribution in [2.45, 2.75) is 63.7 Å². The average molecular weight is 270 g/mol. The Morgan fingerprint density at radius 3 is 2.47 bits per heavy atom. The maximum Gasteiger partial charge on any atom is 0.405 e. The molecule has 0 bridgehead atoms. The van der Waals surface area contributed by atoms with Crippen molar-refractivity contribution < 1.29 is 19.4 Å². The SMILES string of the molecule is CC(C)(CC1(C(O)C(=O)NC2CC2)CC1)OC(N)=O. The Hall–Kier alpha value is -1.30. The van der Waals surface area contributed by atoms with Gasteiger partial charge in [-0.3, -0.25) is 4.79 Å².